The molecule has 1 heterocycles. The van der Waals surface area contributed by atoms with E-state index in [-0.39, 0.29) is 53.4 Å². The summed E-state index contributed by atoms with van der Waals surface area (Å²) in [5.41, 5.74) is -0.110. The Kier molecular flexibility index (Phi) is 7.20. The Bertz CT molecular complexity index is 1030. The summed E-state index contributed by atoms with van der Waals surface area (Å²) in [6.07, 6.45) is -3.97. The highest BCUT2D eigenvalue weighted by Gasteiger charge is 2.31. The van der Waals surface area contributed by atoms with Crippen LogP contribution in [0.3, 0.4) is 0 Å². The van der Waals surface area contributed by atoms with Crippen LogP contribution in [0.4, 0.5) is 13.2 Å². The lowest BCUT2D eigenvalue weighted by Gasteiger charge is -2.34. The second kappa shape index (κ2) is 9.36. The molecule has 5 nitrogen and oxygen atoms in total. The molecular weight excluding hydrogens is 476 g/mol. The molecule has 0 saturated carbocycles. The van der Waals surface area contributed by atoms with Gasteiger partial charge in [0.15, 0.2) is 0 Å². The van der Waals surface area contributed by atoms with Gasteiger partial charge in [0.05, 0.1) is 10.5 Å². The molecule has 2 aromatic carbocycles. The molecule has 1 amide bonds. The maximum absolute atomic E-state index is 12.8. The molecule has 168 valence electrons. The van der Waals surface area contributed by atoms with E-state index in [0.717, 1.165) is 12.1 Å². The van der Waals surface area contributed by atoms with Gasteiger partial charge in [-0.25, -0.2) is 8.42 Å². The zero-order valence-corrected chi connectivity index (χ0v) is 18.5. The smallest absolute Gasteiger partial charge is 0.340 e. The van der Waals surface area contributed by atoms with E-state index in [1.54, 1.807) is 4.90 Å². The Morgan fingerprint density at radius 3 is 2.00 bits per heavy atom. The third-order valence-electron chi connectivity index (χ3n) is 4.97. The molecule has 0 aliphatic carbocycles. The first-order valence-corrected chi connectivity index (χ1v) is 11.6. The van der Waals surface area contributed by atoms with Gasteiger partial charge in [-0.3, -0.25) is 4.79 Å². The molecule has 2 aromatic rings. The van der Waals surface area contributed by atoms with E-state index < -0.39 is 21.8 Å². The van der Waals surface area contributed by atoms with Crippen molar-refractivity contribution in [2.24, 2.45) is 0 Å². The fourth-order valence-corrected chi connectivity index (χ4v) is 5.42. The molecule has 1 saturated heterocycles. The number of sulfonamides is 1. The normalized spacial score (nSPS) is 15.8. The summed E-state index contributed by atoms with van der Waals surface area (Å²) in [5.74, 6) is -0.178. The Hall–Kier alpha value is -1.81. The second-order valence-corrected chi connectivity index (χ2v) is 9.90. The van der Waals surface area contributed by atoms with Crippen LogP contribution in [-0.2, 0) is 27.4 Å². The van der Waals surface area contributed by atoms with Gasteiger partial charge in [0, 0.05) is 42.6 Å². The van der Waals surface area contributed by atoms with Gasteiger partial charge in [0.2, 0.25) is 15.9 Å². The number of alkyl halides is 3. The van der Waals surface area contributed by atoms with Gasteiger partial charge in [-0.05, 0) is 42.3 Å². The van der Waals surface area contributed by atoms with Crippen molar-refractivity contribution in [1.82, 2.24) is 9.21 Å². The van der Waals surface area contributed by atoms with E-state index in [1.807, 2.05) is 0 Å². The van der Waals surface area contributed by atoms with Crippen molar-refractivity contribution in [2.75, 3.05) is 26.2 Å². The number of amides is 1. The van der Waals surface area contributed by atoms with Crippen LogP contribution >= 0.6 is 23.2 Å². The molecule has 1 fully saturated rings. The number of aryl methyl sites for hydroxylation is 1. The molecule has 0 aromatic heterocycles. The predicted molar refractivity (Wildman–Crippen MR) is 112 cm³/mol. The summed E-state index contributed by atoms with van der Waals surface area (Å²) in [4.78, 5) is 14.0. The van der Waals surface area contributed by atoms with Crippen LogP contribution in [0.5, 0.6) is 0 Å². The molecule has 0 N–H and O–H groups in total. The highest BCUT2D eigenvalue weighted by atomic mass is 35.5. The molecule has 11 heteroatoms. The summed E-state index contributed by atoms with van der Waals surface area (Å²) in [7, 11) is -3.79. The van der Waals surface area contributed by atoms with E-state index >= 15 is 0 Å². The third kappa shape index (κ3) is 5.91. The van der Waals surface area contributed by atoms with Crippen LogP contribution < -0.4 is 0 Å². The average molecular weight is 495 g/mol. The number of halogens is 5. The molecule has 0 radical (unpaired) electrons. The van der Waals surface area contributed by atoms with Crippen molar-refractivity contribution in [2.45, 2.75) is 23.9 Å². The zero-order valence-electron chi connectivity index (χ0n) is 16.2. The standard InChI is InChI=1S/C20H19Cl2F3N2O3S/c21-16-11-17(22)13-18(12-16)31(29,30)27-9-7-26(8-10-27)19(28)6-3-14-1-4-15(5-2-14)20(23,24)25/h1-2,4-5,11-13H,3,6-10H2. The number of rotatable bonds is 5. The van der Waals surface area contributed by atoms with E-state index in [9.17, 15) is 26.4 Å². The third-order valence-corrected chi connectivity index (χ3v) is 7.29. The van der Waals surface area contributed by atoms with Gasteiger partial charge in [-0.1, -0.05) is 35.3 Å². The molecule has 31 heavy (non-hydrogen) atoms. The lowest BCUT2D eigenvalue weighted by atomic mass is 10.1. The summed E-state index contributed by atoms with van der Waals surface area (Å²) < 4.78 is 64.7. The molecule has 3 rings (SSSR count). The maximum Gasteiger partial charge on any atom is 0.416 e. The van der Waals surface area contributed by atoms with Crippen molar-refractivity contribution in [3.8, 4) is 0 Å². The summed E-state index contributed by atoms with van der Waals surface area (Å²) in [6.45, 7) is 0.690. The van der Waals surface area contributed by atoms with Crippen LogP contribution in [0.2, 0.25) is 10.0 Å². The highest BCUT2D eigenvalue weighted by Crippen LogP contribution is 2.29. The first kappa shape index (κ1) is 23.8. The van der Waals surface area contributed by atoms with Gasteiger partial charge < -0.3 is 4.90 Å². The fourth-order valence-electron chi connectivity index (χ4n) is 3.27. The Balaban J connectivity index is 1.55. The number of benzene rings is 2. The van der Waals surface area contributed by atoms with Crippen LogP contribution in [0.1, 0.15) is 17.5 Å². The highest BCUT2D eigenvalue weighted by molar-refractivity contribution is 7.89. The topological polar surface area (TPSA) is 57.7 Å². The molecular formula is C20H19Cl2F3N2O3S. The van der Waals surface area contributed by atoms with Crippen molar-refractivity contribution in [3.05, 3.63) is 63.6 Å². The number of hydrogen-bond donors (Lipinski definition) is 0. The molecule has 0 spiro atoms. The lowest BCUT2D eigenvalue weighted by Crippen LogP contribution is -2.50. The molecule has 1 aliphatic rings. The van der Waals surface area contributed by atoms with E-state index in [0.29, 0.717) is 12.0 Å². The monoisotopic (exact) mass is 494 g/mol. The van der Waals surface area contributed by atoms with E-state index in [1.165, 1.54) is 34.6 Å². The summed E-state index contributed by atoms with van der Waals surface area (Å²) in [6, 6.07) is 8.79. The largest absolute Gasteiger partial charge is 0.416 e. The first-order valence-electron chi connectivity index (χ1n) is 9.37. The minimum Gasteiger partial charge on any atom is -0.340 e. The number of piperazine rings is 1. The minimum atomic E-state index is -4.40. The lowest BCUT2D eigenvalue weighted by molar-refractivity contribution is -0.137. The van der Waals surface area contributed by atoms with Gasteiger partial charge in [0.25, 0.3) is 0 Å². The number of nitrogens with zero attached hydrogens (tertiary/aromatic N) is 2. The van der Waals surface area contributed by atoms with Gasteiger partial charge in [-0.2, -0.15) is 17.5 Å². The van der Waals surface area contributed by atoms with Crippen molar-refractivity contribution in [1.29, 1.82) is 0 Å². The van der Waals surface area contributed by atoms with Crippen molar-refractivity contribution in [3.63, 3.8) is 0 Å². The molecule has 1 aliphatic heterocycles. The molecule has 0 unspecified atom stereocenters. The van der Waals surface area contributed by atoms with Crippen LogP contribution in [0.25, 0.3) is 0 Å². The van der Waals surface area contributed by atoms with Crippen molar-refractivity contribution < 1.29 is 26.4 Å². The summed E-state index contributed by atoms with van der Waals surface area (Å²) >= 11 is 11.8. The first-order chi connectivity index (χ1) is 14.5. The van der Waals surface area contributed by atoms with E-state index in [2.05, 4.69) is 0 Å². The number of carbonyl (C=O) groups excluding carboxylic acids is 1. The second-order valence-electron chi connectivity index (χ2n) is 7.08. The van der Waals surface area contributed by atoms with E-state index in [4.69, 9.17) is 23.2 Å². The molecule has 0 atom stereocenters. The zero-order chi connectivity index (χ0) is 22.8. The molecule has 0 bridgehead atoms. The maximum atomic E-state index is 12.8. The SMILES string of the molecule is O=C(CCc1ccc(C(F)(F)F)cc1)N1CCN(S(=O)(=O)c2cc(Cl)cc(Cl)c2)CC1. The van der Waals surface area contributed by atoms with Crippen LogP contribution in [0, 0.1) is 0 Å². The average Bonchev–Trinajstić information content (AvgIpc) is 2.71. The quantitative estimate of drug-likeness (QED) is 0.615. The number of carbonyl (C=O) groups is 1. The van der Waals surface area contributed by atoms with Gasteiger partial charge in [0.1, 0.15) is 0 Å². The Morgan fingerprint density at radius 2 is 1.48 bits per heavy atom. The van der Waals surface area contributed by atoms with Crippen LogP contribution in [-0.4, -0.2) is 49.7 Å². The predicted octanol–water partition coefficient (Wildman–Crippen LogP) is 4.48. The van der Waals surface area contributed by atoms with Gasteiger partial charge >= 0.3 is 6.18 Å². The Labute approximate surface area is 188 Å². The summed E-state index contributed by atoms with van der Waals surface area (Å²) in [5, 5.41) is 0.423. The minimum absolute atomic E-state index is 0.00733. The van der Waals surface area contributed by atoms with Crippen molar-refractivity contribution >= 4 is 39.1 Å². The fraction of sp³-hybridized carbons (Fsp3) is 0.350. The van der Waals surface area contributed by atoms with Gasteiger partial charge in [-0.15, -0.1) is 0 Å². The number of hydrogen-bond acceptors (Lipinski definition) is 3. The van der Waals surface area contributed by atoms with Crippen LogP contribution in [0.15, 0.2) is 47.4 Å². The Morgan fingerprint density at radius 1 is 0.935 bits per heavy atom.